The molecule has 0 aliphatic heterocycles. The van der Waals surface area contributed by atoms with Crippen LogP contribution in [-0.4, -0.2) is 15.1 Å². The number of rotatable bonds is 4. The molecule has 3 rings (SSSR count). The lowest BCUT2D eigenvalue weighted by Gasteiger charge is -2.15. The summed E-state index contributed by atoms with van der Waals surface area (Å²) in [4.78, 5) is 8.73. The minimum atomic E-state index is -0.160. The highest BCUT2D eigenvalue weighted by Gasteiger charge is 2.11. The third-order valence-electron chi connectivity index (χ3n) is 3.19. The number of hydrogen-bond donors (Lipinski definition) is 2. The Kier molecular flexibility index (Phi) is 3.62. The molecule has 0 unspecified atom stereocenters. The molecule has 0 saturated carbocycles. The van der Waals surface area contributed by atoms with E-state index in [0.29, 0.717) is 5.82 Å². The summed E-state index contributed by atoms with van der Waals surface area (Å²) in [6.07, 6.45) is 0. The first kappa shape index (κ1) is 13.0. The standard InChI is InChI=1S/C15H15N3OS/c1-10(11-6-7-20-9-11)16-15-12-4-2-3-5-13(12)17-14(8-19)18-15/h2-7,9-10,19H,8H2,1H3,(H,16,17,18)/t10-/m1/s1. The maximum absolute atomic E-state index is 9.29. The second-order valence-corrected chi connectivity index (χ2v) is 5.37. The molecule has 2 aromatic heterocycles. The smallest absolute Gasteiger partial charge is 0.156 e. The topological polar surface area (TPSA) is 58.0 Å². The Hall–Kier alpha value is -1.98. The number of anilines is 1. The van der Waals surface area contributed by atoms with Crippen LogP contribution in [0.15, 0.2) is 41.1 Å². The lowest BCUT2D eigenvalue weighted by molar-refractivity contribution is 0.272. The minimum Gasteiger partial charge on any atom is -0.388 e. The number of para-hydroxylation sites is 1. The molecular weight excluding hydrogens is 270 g/mol. The van der Waals surface area contributed by atoms with Gasteiger partial charge in [-0.05, 0) is 41.4 Å². The van der Waals surface area contributed by atoms with E-state index in [0.717, 1.165) is 16.7 Å². The van der Waals surface area contributed by atoms with Gasteiger partial charge in [0.2, 0.25) is 0 Å². The van der Waals surface area contributed by atoms with Crippen LogP contribution in [0.5, 0.6) is 0 Å². The number of hydrogen-bond acceptors (Lipinski definition) is 5. The zero-order chi connectivity index (χ0) is 13.9. The van der Waals surface area contributed by atoms with Gasteiger partial charge in [-0.3, -0.25) is 0 Å². The van der Waals surface area contributed by atoms with Crippen LogP contribution in [-0.2, 0) is 6.61 Å². The predicted octanol–water partition coefficient (Wildman–Crippen LogP) is 3.36. The summed E-state index contributed by atoms with van der Waals surface area (Å²) >= 11 is 1.68. The van der Waals surface area contributed by atoms with Gasteiger partial charge in [-0.1, -0.05) is 12.1 Å². The van der Waals surface area contributed by atoms with Crippen molar-refractivity contribution in [3.63, 3.8) is 0 Å². The quantitative estimate of drug-likeness (QED) is 0.771. The van der Waals surface area contributed by atoms with E-state index in [4.69, 9.17) is 0 Å². The molecule has 0 aliphatic rings. The zero-order valence-electron chi connectivity index (χ0n) is 11.1. The molecule has 20 heavy (non-hydrogen) atoms. The van der Waals surface area contributed by atoms with Crippen LogP contribution in [0.2, 0.25) is 0 Å². The van der Waals surface area contributed by atoms with Crippen molar-refractivity contribution in [1.29, 1.82) is 0 Å². The molecule has 0 bridgehead atoms. The van der Waals surface area contributed by atoms with E-state index < -0.39 is 0 Å². The first-order valence-electron chi connectivity index (χ1n) is 6.43. The Labute approximate surface area is 121 Å². The molecule has 3 aromatic rings. The van der Waals surface area contributed by atoms with Crippen LogP contribution in [0, 0.1) is 0 Å². The van der Waals surface area contributed by atoms with Gasteiger partial charge >= 0.3 is 0 Å². The van der Waals surface area contributed by atoms with Gasteiger partial charge in [0, 0.05) is 5.39 Å². The summed E-state index contributed by atoms with van der Waals surface area (Å²) in [5.74, 6) is 1.20. The number of aliphatic hydroxyl groups excluding tert-OH is 1. The summed E-state index contributed by atoms with van der Waals surface area (Å²) in [5.41, 5.74) is 2.06. The van der Waals surface area contributed by atoms with Crippen LogP contribution in [0.3, 0.4) is 0 Å². The lowest BCUT2D eigenvalue weighted by Crippen LogP contribution is -2.09. The van der Waals surface area contributed by atoms with Gasteiger partial charge in [-0.15, -0.1) is 0 Å². The molecule has 0 saturated heterocycles. The van der Waals surface area contributed by atoms with Crippen molar-refractivity contribution in [2.45, 2.75) is 19.6 Å². The van der Waals surface area contributed by atoms with Crippen molar-refractivity contribution < 1.29 is 5.11 Å². The number of aromatic nitrogens is 2. The maximum atomic E-state index is 9.29. The molecular formula is C15H15N3OS. The summed E-state index contributed by atoms with van der Waals surface area (Å²) in [6, 6.07) is 10.1. The van der Waals surface area contributed by atoms with Gasteiger partial charge in [-0.25, -0.2) is 9.97 Å². The van der Waals surface area contributed by atoms with E-state index in [1.807, 2.05) is 24.3 Å². The van der Waals surface area contributed by atoms with Gasteiger partial charge in [0.05, 0.1) is 11.6 Å². The zero-order valence-corrected chi connectivity index (χ0v) is 11.9. The Morgan fingerprint density at radius 2 is 2.10 bits per heavy atom. The van der Waals surface area contributed by atoms with Crippen molar-refractivity contribution in [2.75, 3.05) is 5.32 Å². The summed E-state index contributed by atoms with van der Waals surface area (Å²) in [7, 11) is 0. The van der Waals surface area contributed by atoms with Gasteiger partial charge in [0.25, 0.3) is 0 Å². The predicted molar refractivity (Wildman–Crippen MR) is 81.8 cm³/mol. The Bertz CT molecular complexity index is 712. The fraction of sp³-hybridized carbons (Fsp3) is 0.200. The Morgan fingerprint density at radius 3 is 2.85 bits per heavy atom. The normalized spacial score (nSPS) is 12.5. The van der Waals surface area contributed by atoms with Crippen molar-refractivity contribution in [3.05, 3.63) is 52.5 Å². The first-order valence-corrected chi connectivity index (χ1v) is 7.37. The largest absolute Gasteiger partial charge is 0.388 e. The number of thiophene rings is 1. The fourth-order valence-corrected chi connectivity index (χ4v) is 2.87. The monoisotopic (exact) mass is 285 g/mol. The van der Waals surface area contributed by atoms with Crippen molar-refractivity contribution in [3.8, 4) is 0 Å². The lowest BCUT2D eigenvalue weighted by atomic mass is 10.1. The Morgan fingerprint density at radius 1 is 1.25 bits per heavy atom. The van der Waals surface area contributed by atoms with Gasteiger partial charge < -0.3 is 10.4 Å². The van der Waals surface area contributed by atoms with Crippen LogP contribution >= 0.6 is 11.3 Å². The van der Waals surface area contributed by atoms with Crippen molar-refractivity contribution in [2.24, 2.45) is 0 Å². The third kappa shape index (κ3) is 2.50. The van der Waals surface area contributed by atoms with Crippen LogP contribution < -0.4 is 5.32 Å². The fourth-order valence-electron chi connectivity index (χ4n) is 2.12. The summed E-state index contributed by atoms with van der Waals surface area (Å²) in [5, 5.41) is 17.8. The number of benzene rings is 1. The van der Waals surface area contributed by atoms with Gasteiger partial charge in [-0.2, -0.15) is 11.3 Å². The SMILES string of the molecule is C[C@@H](Nc1nc(CO)nc2ccccc12)c1ccsc1. The number of fused-ring (bicyclic) bond motifs is 1. The molecule has 102 valence electrons. The average molecular weight is 285 g/mol. The number of nitrogens with zero attached hydrogens (tertiary/aromatic N) is 2. The molecule has 1 aromatic carbocycles. The maximum Gasteiger partial charge on any atom is 0.156 e. The second-order valence-electron chi connectivity index (χ2n) is 4.59. The molecule has 2 heterocycles. The van der Waals surface area contributed by atoms with Gasteiger partial charge in [0.15, 0.2) is 5.82 Å². The molecule has 1 atom stereocenters. The van der Waals surface area contributed by atoms with Crippen LogP contribution in [0.25, 0.3) is 10.9 Å². The molecule has 0 radical (unpaired) electrons. The molecule has 4 nitrogen and oxygen atoms in total. The highest BCUT2D eigenvalue weighted by atomic mass is 32.1. The molecule has 5 heteroatoms. The minimum absolute atomic E-state index is 0.158. The second kappa shape index (κ2) is 5.56. The molecule has 0 spiro atoms. The van der Waals surface area contributed by atoms with E-state index in [9.17, 15) is 5.11 Å². The third-order valence-corrected chi connectivity index (χ3v) is 3.89. The van der Waals surface area contributed by atoms with Crippen LogP contribution in [0.1, 0.15) is 24.4 Å². The highest BCUT2D eigenvalue weighted by molar-refractivity contribution is 7.08. The first-order chi connectivity index (χ1) is 9.78. The van der Waals surface area contributed by atoms with Crippen molar-refractivity contribution in [1.82, 2.24) is 9.97 Å². The van der Waals surface area contributed by atoms with Crippen LogP contribution in [0.4, 0.5) is 5.82 Å². The summed E-state index contributed by atoms with van der Waals surface area (Å²) in [6.45, 7) is 1.93. The van der Waals surface area contributed by atoms with E-state index in [2.05, 4.69) is 39.0 Å². The molecule has 2 N–H and O–H groups in total. The number of nitrogens with one attached hydrogen (secondary N) is 1. The number of aliphatic hydroxyl groups is 1. The van der Waals surface area contributed by atoms with E-state index in [-0.39, 0.29) is 12.6 Å². The molecule has 0 aliphatic carbocycles. The summed E-state index contributed by atoms with van der Waals surface area (Å²) < 4.78 is 0. The van der Waals surface area contributed by atoms with Gasteiger partial charge in [0.1, 0.15) is 12.4 Å². The van der Waals surface area contributed by atoms with E-state index in [1.54, 1.807) is 11.3 Å². The van der Waals surface area contributed by atoms with E-state index in [1.165, 1.54) is 5.56 Å². The highest BCUT2D eigenvalue weighted by Crippen LogP contribution is 2.25. The van der Waals surface area contributed by atoms with E-state index >= 15 is 0 Å². The Balaban J connectivity index is 2.01. The molecule has 0 amide bonds. The molecule has 0 fully saturated rings. The average Bonchev–Trinajstić information content (AvgIpc) is 3.01. The van der Waals surface area contributed by atoms with Crippen molar-refractivity contribution >= 4 is 28.1 Å².